The smallest absolute Gasteiger partial charge is 0.246 e. The molecule has 3 nitrogen and oxygen atoms in total. The maximum absolute atomic E-state index is 11.8. The lowest BCUT2D eigenvalue weighted by Gasteiger charge is -2.34. The van der Waals surface area contributed by atoms with Gasteiger partial charge >= 0.3 is 0 Å². The lowest BCUT2D eigenvalue weighted by atomic mass is 10.1. The Morgan fingerprint density at radius 3 is 2.75 bits per heavy atom. The van der Waals surface area contributed by atoms with E-state index in [1.54, 1.807) is 4.90 Å². The zero-order chi connectivity index (χ0) is 11.9. The van der Waals surface area contributed by atoms with Crippen LogP contribution in [0.3, 0.4) is 0 Å². The molecule has 1 aromatic rings. The second kappa shape index (κ2) is 3.98. The van der Waals surface area contributed by atoms with Gasteiger partial charge in [0, 0.05) is 6.04 Å². The summed E-state index contributed by atoms with van der Waals surface area (Å²) in [7, 11) is 0. The number of carbonyl (C=O) groups is 1. The quantitative estimate of drug-likeness (QED) is 0.816. The Balaban J connectivity index is 2.58. The third kappa shape index (κ3) is 1.76. The fourth-order valence-corrected chi connectivity index (χ4v) is 2.37. The number of nitrogens with one attached hydrogen (secondary N) is 1. The lowest BCUT2D eigenvalue weighted by Crippen LogP contribution is -2.44. The van der Waals surface area contributed by atoms with E-state index >= 15 is 0 Å². The van der Waals surface area contributed by atoms with Crippen LogP contribution in [-0.4, -0.2) is 18.5 Å². The number of benzene rings is 1. The predicted molar refractivity (Wildman–Crippen MR) is 67.3 cm³/mol. The van der Waals surface area contributed by atoms with Crippen molar-refractivity contribution < 1.29 is 4.79 Å². The first kappa shape index (κ1) is 11.3. The minimum absolute atomic E-state index is 0.0872. The number of hydrogen-bond donors (Lipinski definition) is 1. The van der Waals surface area contributed by atoms with Gasteiger partial charge in [-0.1, -0.05) is 11.6 Å². The fourth-order valence-electron chi connectivity index (χ4n) is 2.04. The van der Waals surface area contributed by atoms with Crippen LogP contribution in [-0.2, 0) is 4.79 Å². The molecule has 0 spiro atoms. The maximum Gasteiger partial charge on any atom is 0.246 e. The summed E-state index contributed by atoms with van der Waals surface area (Å²) in [5.41, 5.74) is 2.81. The van der Waals surface area contributed by atoms with Gasteiger partial charge in [-0.25, -0.2) is 0 Å². The standard InChI is InChI=1S/C12H15ClN2O/c1-7(2)15-10-5-8(3)4-9(13)12(10)14-6-11(15)16/h4-5,7,14H,6H2,1-3H3. The molecular weight excluding hydrogens is 224 g/mol. The molecule has 86 valence electrons. The van der Waals surface area contributed by atoms with Gasteiger partial charge in [-0.3, -0.25) is 4.79 Å². The molecule has 0 fully saturated rings. The number of fused-ring (bicyclic) bond motifs is 1. The van der Waals surface area contributed by atoms with E-state index in [0.717, 1.165) is 16.9 Å². The van der Waals surface area contributed by atoms with Gasteiger partial charge in [0.2, 0.25) is 5.91 Å². The highest BCUT2D eigenvalue weighted by molar-refractivity contribution is 6.34. The van der Waals surface area contributed by atoms with Gasteiger partial charge in [0.25, 0.3) is 0 Å². The number of carbonyl (C=O) groups excluding carboxylic acids is 1. The van der Waals surface area contributed by atoms with Gasteiger partial charge in [0.1, 0.15) is 0 Å². The van der Waals surface area contributed by atoms with E-state index in [1.165, 1.54) is 0 Å². The van der Waals surface area contributed by atoms with E-state index in [4.69, 9.17) is 11.6 Å². The first-order valence-corrected chi connectivity index (χ1v) is 5.74. The number of amides is 1. The van der Waals surface area contributed by atoms with Gasteiger partial charge in [-0.2, -0.15) is 0 Å². The molecule has 1 N–H and O–H groups in total. The van der Waals surface area contributed by atoms with Crippen LogP contribution in [0.15, 0.2) is 12.1 Å². The Morgan fingerprint density at radius 1 is 1.44 bits per heavy atom. The average Bonchev–Trinajstić information content (AvgIpc) is 2.15. The minimum atomic E-state index is 0.0872. The second-order valence-corrected chi connectivity index (χ2v) is 4.76. The van der Waals surface area contributed by atoms with Crippen molar-refractivity contribution in [2.75, 3.05) is 16.8 Å². The summed E-state index contributed by atoms with van der Waals surface area (Å²) in [5.74, 6) is 0.0872. The summed E-state index contributed by atoms with van der Waals surface area (Å²) in [4.78, 5) is 13.6. The molecule has 1 aromatic carbocycles. The first-order valence-electron chi connectivity index (χ1n) is 5.37. The van der Waals surface area contributed by atoms with Crippen LogP contribution in [0, 0.1) is 6.92 Å². The molecule has 4 heteroatoms. The van der Waals surface area contributed by atoms with Crippen molar-refractivity contribution in [2.24, 2.45) is 0 Å². The van der Waals surface area contributed by atoms with Crippen molar-refractivity contribution in [2.45, 2.75) is 26.8 Å². The normalized spacial score (nSPS) is 15.1. The van der Waals surface area contributed by atoms with Gasteiger partial charge in [-0.15, -0.1) is 0 Å². The fraction of sp³-hybridized carbons (Fsp3) is 0.417. The summed E-state index contributed by atoms with van der Waals surface area (Å²) in [6.07, 6.45) is 0. The second-order valence-electron chi connectivity index (χ2n) is 4.35. The molecule has 1 amide bonds. The number of halogens is 1. The molecule has 0 bridgehead atoms. The topological polar surface area (TPSA) is 32.3 Å². The molecular formula is C12H15ClN2O. The van der Waals surface area contributed by atoms with Crippen LogP contribution in [0.5, 0.6) is 0 Å². The van der Waals surface area contributed by atoms with Crippen LogP contribution >= 0.6 is 11.6 Å². The van der Waals surface area contributed by atoms with E-state index in [2.05, 4.69) is 5.32 Å². The lowest BCUT2D eigenvalue weighted by molar-refractivity contribution is -0.117. The van der Waals surface area contributed by atoms with Crippen molar-refractivity contribution in [3.05, 3.63) is 22.7 Å². The van der Waals surface area contributed by atoms with E-state index in [-0.39, 0.29) is 11.9 Å². The SMILES string of the molecule is Cc1cc(Cl)c2c(c1)N(C(C)C)C(=O)CN2. The van der Waals surface area contributed by atoms with Crippen LogP contribution < -0.4 is 10.2 Å². The summed E-state index contributed by atoms with van der Waals surface area (Å²) in [6.45, 7) is 6.30. The molecule has 0 radical (unpaired) electrons. The molecule has 1 aliphatic rings. The number of rotatable bonds is 1. The summed E-state index contributed by atoms with van der Waals surface area (Å²) < 4.78 is 0. The van der Waals surface area contributed by atoms with E-state index in [9.17, 15) is 4.79 Å². The Hall–Kier alpha value is -1.22. The Bertz CT molecular complexity index is 443. The zero-order valence-electron chi connectivity index (χ0n) is 9.67. The van der Waals surface area contributed by atoms with Crippen LogP contribution in [0.2, 0.25) is 5.02 Å². The third-order valence-corrected chi connectivity index (χ3v) is 2.97. The molecule has 0 unspecified atom stereocenters. The molecule has 0 saturated heterocycles. The Morgan fingerprint density at radius 2 is 2.12 bits per heavy atom. The highest BCUT2D eigenvalue weighted by Crippen LogP contribution is 2.37. The largest absolute Gasteiger partial charge is 0.373 e. The maximum atomic E-state index is 11.8. The van der Waals surface area contributed by atoms with Gasteiger partial charge in [0.05, 0.1) is 22.9 Å². The first-order chi connectivity index (χ1) is 7.50. The zero-order valence-corrected chi connectivity index (χ0v) is 10.4. The predicted octanol–water partition coefficient (Wildman–Crippen LogP) is 2.82. The van der Waals surface area contributed by atoms with Crippen molar-refractivity contribution in [1.82, 2.24) is 0 Å². The summed E-state index contributed by atoms with van der Waals surface area (Å²) in [5, 5.41) is 3.74. The van der Waals surface area contributed by atoms with Gasteiger partial charge in [-0.05, 0) is 38.5 Å². The molecule has 16 heavy (non-hydrogen) atoms. The van der Waals surface area contributed by atoms with Gasteiger partial charge < -0.3 is 10.2 Å². The van der Waals surface area contributed by atoms with E-state index in [1.807, 2.05) is 32.9 Å². The van der Waals surface area contributed by atoms with Crippen molar-refractivity contribution in [3.63, 3.8) is 0 Å². The molecule has 0 aliphatic carbocycles. The van der Waals surface area contributed by atoms with E-state index in [0.29, 0.717) is 11.6 Å². The molecule has 1 heterocycles. The van der Waals surface area contributed by atoms with E-state index < -0.39 is 0 Å². The highest BCUT2D eigenvalue weighted by Gasteiger charge is 2.27. The molecule has 0 saturated carbocycles. The number of anilines is 2. The summed E-state index contributed by atoms with van der Waals surface area (Å²) in [6, 6.07) is 4.04. The Kier molecular flexibility index (Phi) is 2.80. The average molecular weight is 239 g/mol. The molecule has 1 aliphatic heterocycles. The number of aryl methyl sites for hydroxylation is 1. The third-order valence-electron chi connectivity index (χ3n) is 2.67. The minimum Gasteiger partial charge on any atom is -0.373 e. The van der Waals surface area contributed by atoms with Crippen molar-refractivity contribution in [3.8, 4) is 0 Å². The van der Waals surface area contributed by atoms with Crippen LogP contribution in [0.4, 0.5) is 11.4 Å². The number of nitrogens with zero attached hydrogens (tertiary/aromatic N) is 1. The molecule has 0 aromatic heterocycles. The van der Waals surface area contributed by atoms with Crippen LogP contribution in [0.25, 0.3) is 0 Å². The highest BCUT2D eigenvalue weighted by atomic mass is 35.5. The number of hydrogen-bond acceptors (Lipinski definition) is 2. The van der Waals surface area contributed by atoms with Crippen LogP contribution in [0.1, 0.15) is 19.4 Å². The Labute approximate surface area is 100 Å². The van der Waals surface area contributed by atoms with Crippen molar-refractivity contribution >= 4 is 28.9 Å². The molecule has 2 rings (SSSR count). The summed E-state index contributed by atoms with van der Waals surface area (Å²) >= 11 is 6.16. The molecule has 0 atom stereocenters. The monoisotopic (exact) mass is 238 g/mol. The van der Waals surface area contributed by atoms with Gasteiger partial charge in [0.15, 0.2) is 0 Å². The van der Waals surface area contributed by atoms with Crippen molar-refractivity contribution in [1.29, 1.82) is 0 Å².